The number of fused-ring (bicyclic) bond motifs is 1. The van der Waals surface area contributed by atoms with Crippen molar-refractivity contribution in [2.24, 2.45) is 9.98 Å². The lowest BCUT2D eigenvalue weighted by atomic mass is 9.74. The number of allylic oxidation sites excluding steroid dienone is 5. The highest BCUT2D eigenvalue weighted by molar-refractivity contribution is 8.03. The van der Waals surface area contributed by atoms with Gasteiger partial charge < -0.3 is 10.4 Å². The minimum Gasteiger partial charge on any atom is -0.504 e. The van der Waals surface area contributed by atoms with E-state index in [1.165, 1.54) is 0 Å². The van der Waals surface area contributed by atoms with Gasteiger partial charge in [0.15, 0.2) is 11.5 Å². The van der Waals surface area contributed by atoms with Crippen molar-refractivity contribution in [1.29, 1.82) is 0 Å². The standard InChI is InChI=1S/C18H11N3O2S/c22-9-1-2-18-3-4-19-16-13(18)14-12-8(7-20-15(12)17(16)23)5-11(21-14)24-10(18)6-9/h1-4,6-7,11,19,23H,5H2/t11-,18+/m0/s1. The van der Waals surface area contributed by atoms with Gasteiger partial charge >= 0.3 is 0 Å². The quantitative estimate of drug-likeness (QED) is 0.707. The fourth-order valence-electron chi connectivity index (χ4n) is 4.18. The molecule has 0 fully saturated rings. The van der Waals surface area contributed by atoms with Crippen LogP contribution in [0, 0.1) is 0 Å². The first-order valence-corrected chi connectivity index (χ1v) is 8.66. The predicted octanol–water partition coefficient (Wildman–Crippen LogP) is 1.55. The molecule has 1 spiro atoms. The minimum atomic E-state index is -0.544. The number of aromatic hydroxyl groups is 1. The normalized spacial score (nSPS) is 29.7. The van der Waals surface area contributed by atoms with Gasteiger partial charge in [0.2, 0.25) is 0 Å². The van der Waals surface area contributed by atoms with Crippen LogP contribution >= 0.6 is 11.8 Å². The van der Waals surface area contributed by atoms with Gasteiger partial charge in [-0.05, 0) is 30.0 Å². The Hall–Kier alpha value is -2.60. The van der Waals surface area contributed by atoms with Crippen molar-refractivity contribution in [3.63, 3.8) is 0 Å². The molecule has 2 atom stereocenters. The highest BCUT2D eigenvalue weighted by Gasteiger charge is 2.45. The number of nitrogens with one attached hydrogen (secondary N) is 1. The van der Waals surface area contributed by atoms with E-state index in [1.54, 1.807) is 23.9 Å². The Morgan fingerprint density at radius 1 is 1.38 bits per heavy atom. The van der Waals surface area contributed by atoms with Crippen molar-refractivity contribution >= 4 is 40.7 Å². The van der Waals surface area contributed by atoms with Crippen LogP contribution < -0.4 is 15.9 Å². The first-order valence-electron chi connectivity index (χ1n) is 7.78. The topological polar surface area (TPSA) is 74.0 Å². The Labute approximate surface area is 140 Å². The van der Waals surface area contributed by atoms with E-state index in [-0.39, 0.29) is 16.9 Å². The Bertz CT molecular complexity index is 1130. The molecule has 0 amide bonds. The van der Waals surface area contributed by atoms with Crippen LogP contribution in [-0.4, -0.2) is 22.5 Å². The number of aliphatic imine (C=N–C) groups is 1. The number of phenolic OH excluding ortho intramolecular Hbond substituents is 1. The predicted molar refractivity (Wildman–Crippen MR) is 93.1 cm³/mol. The van der Waals surface area contributed by atoms with Crippen LogP contribution in [0.1, 0.15) is 12.0 Å². The summed E-state index contributed by atoms with van der Waals surface area (Å²) in [7, 11) is 0. The summed E-state index contributed by atoms with van der Waals surface area (Å²) in [6.07, 6.45) is 11.7. The fourth-order valence-corrected chi connectivity index (χ4v) is 5.51. The molecule has 1 aliphatic carbocycles. The van der Waals surface area contributed by atoms with E-state index >= 15 is 0 Å². The zero-order chi connectivity index (χ0) is 16.1. The van der Waals surface area contributed by atoms with Crippen molar-refractivity contribution < 1.29 is 9.90 Å². The molecule has 1 aromatic rings. The molecule has 4 heterocycles. The van der Waals surface area contributed by atoms with E-state index in [2.05, 4.69) is 10.3 Å². The average molecular weight is 333 g/mol. The second-order valence-corrected chi connectivity index (χ2v) is 7.67. The molecule has 4 aliphatic heterocycles. The van der Waals surface area contributed by atoms with Gasteiger partial charge in [0.1, 0.15) is 11.1 Å². The Kier molecular flexibility index (Phi) is 2.07. The number of carbonyl (C=O) groups is 1. The molecule has 2 bridgehead atoms. The SMILES string of the molecule is O=C1C=C[C@]23C=CNc4c(O)c5c6c(c42)=N[C@H](CC=6C=N5)SC3=C1. The summed E-state index contributed by atoms with van der Waals surface area (Å²) in [5, 5.41) is 15.8. The van der Waals surface area contributed by atoms with E-state index < -0.39 is 5.41 Å². The largest absolute Gasteiger partial charge is 0.504 e. The average Bonchev–Trinajstić information content (AvgIpc) is 2.96. The lowest BCUT2D eigenvalue weighted by Crippen LogP contribution is -2.41. The van der Waals surface area contributed by atoms with Crippen molar-refractivity contribution in [2.75, 3.05) is 5.32 Å². The number of hydrogen-bond acceptors (Lipinski definition) is 6. The molecule has 0 unspecified atom stereocenters. The number of carbonyl (C=O) groups excluding carboxylic acids is 1. The van der Waals surface area contributed by atoms with Crippen LogP contribution in [0.4, 0.5) is 11.4 Å². The molecule has 5 nitrogen and oxygen atoms in total. The monoisotopic (exact) mass is 333 g/mol. The van der Waals surface area contributed by atoms with Gasteiger partial charge in [0.25, 0.3) is 0 Å². The molecule has 24 heavy (non-hydrogen) atoms. The Morgan fingerprint density at radius 3 is 3.21 bits per heavy atom. The zero-order valence-corrected chi connectivity index (χ0v) is 13.2. The second kappa shape index (κ2) is 3.89. The molecule has 116 valence electrons. The van der Waals surface area contributed by atoms with Gasteiger partial charge in [-0.25, -0.2) is 0 Å². The molecule has 0 saturated heterocycles. The fraction of sp³-hybridized carbons (Fsp3) is 0.167. The highest BCUT2D eigenvalue weighted by atomic mass is 32.2. The molecule has 2 N–H and O–H groups in total. The second-order valence-electron chi connectivity index (χ2n) is 6.45. The van der Waals surface area contributed by atoms with E-state index in [1.807, 2.05) is 24.6 Å². The third kappa shape index (κ3) is 1.29. The van der Waals surface area contributed by atoms with Gasteiger partial charge in [-0.3, -0.25) is 14.8 Å². The van der Waals surface area contributed by atoms with Crippen LogP contribution in [0.3, 0.4) is 0 Å². The van der Waals surface area contributed by atoms with Crippen LogP contribution in [0.25, 0.3) is 5.57 Å². The molecule has 1 aromatic carbocycles. The van der Waals surface area contributed by atoms with Gasteiger partial charge in [-0.1, -0.05) is 6.08 Å². The van der Waals surface area contributed by atoms with Crippen LogP contribution in [0.2, 0.25) is 0 Å². The van der Waals surface area contributed by atoms with Gasteiger partial charge in [-0.2, -0.15) is 0 Å². The van der Waals surface area contributed by atoms with E-state index in [9.17, 15) is 9.90 Å². The number of phenols is 1. The Morgan fingerprint density at radius 2 is 2.29 bits per heavy atom. The maximum atomic E-state index is 12.0. The van der Waals surface area contributed by atoms with Crippen molar-refractivity contribution in [1.82, 2.24) is 0 Å². The number of thioether (sulfide) groups is 1. The Balaban J connectivity index is 1.87. The highest BCUT2D eigenvalue weighted by Crippen LogP contribution is 2.53. The first-order chi connectivity index (χ1) is 11.7. The van der Waals surface area contributed by atoms with E-state index in [0.717, 1.165) is 33.0 Å². The summed E-state index contributed by atoms with van der Waals surface area (Å²) in [4.78, 5) is 22.3. The molecule has 0 saturated carbocycles. The van der Waals surface area contributed by atoms with Crippen LogP contribution in [0.5, 0.6) is 5.75 Å². The lowest BCUT2D eigenvalue weighted by molar-refractivity contribution is -0.110. The summed E-state index contributed by atoms with van der Waals surface area (Å²) < 4.78 is 0. The number of hydrogen-bond donors (Lipinski definition) is 2. The third-order valence-electron chi connectivity index (χ3n) is 5.20. The number of ketones is 1. The maximum Gasteiger partial charge on any atom is 0.179 e. The molecule has 5 aliphatic rings. The molecular formula is C18H11N3O2S. The minimum absolute atomic E-state index is 0.00280. The molecule has 6 heteroatoms. The molecule has 0 aromatic heterocycles. The smallest absolute Gasteiger partial charge is 0.179 e. The number of benzene rings is 1. The number of anilines is 1. The summed E-state index contributed by atoms with van der Waals surface area (Å²) in [6, 6.07) is 0. The zero-order valence-electron chi connectivity index (χ0n) is 12.4. The molecule has 0 radical (unpaired) electrons. The van der Waals surface area contributed by atoms with Crippen LogP contribution in [0.15, 0.2) is 45.4 Å². The van der Waals surface area contributed by atoms with Crippen LogP contribution in [-0.2, 0) is 10.2 Å². The summed E-state index contributed by atoms with van der Waals surface area (Å²) >= 11 is 1.63. The van der Waals surface area contributed by atoms with Gasteiger partial charge in [0, 0.05) is 28.3 Å². The third-order valence-corrected chi connectivity index (χ3v) is 6.46. The van der Waals surface area contributed by atoms with E-state index in [0.29, 0.717) is 11.4 Å². The van der Waals surface area contributed by atoms with Gasteiger partial charge in [0.05, 0.1) is 16.5 Å². The summed E-state index contributed by atoms with van der Waals surface area (Å²) in [6.45, 7) is 0. The lowest BCUT2D eigenvalue weighted by Gasteiger charge is -2.35. The number of rotatable bonds is 0. The van der Waals surface area contributed by atoms with Crippen molar-refractivity contribution in [3.05, 3.63) is 51.5 Å². The molecular weight excluding hydrogens is 322 g/mol. The summed E-state index contributed by atoms with van der Waals surface area (Å²) in [5.41, 5.74) is 2.74. The molecule has 6 rings (SSSR count). The summed E-state index contributed by atoms with van der Waals surface area (Å²) in [5.74, 6) is 0.154. The maximum absolute atomic E-state index is 12.0. The number of nitrogens with zero attached hydrogens (tertiary/aromatic N) is 2. The van der Waals surface area contributed by atoms with Crippen molar-refractivity contribution in [3.8, 4) is 5.75 Å². The first kappa shape index (κ1) is 12.8. The van der Waals surface area contributed by atoms with Gasteiger partial charge in [-0.15, -0.1) is 11.8 Å². The van der Waals surface area contributed by atoms with E-state index in [4.69, 9.17) is 4.99 Å². The van der Waals surface area contributed by atoms with Crippen molar-refractivity contribution in [2.45, 2.75) is 17.2 Å².